The van der Waals surface area contributed by atoms with Gasteiger partial charge in [0.1, 0.15) is 5.75 Å². The second-order valence-corrected chi connectivity index (χ2v) is 5.15. The third-order valence-electron chi connectivity index (χ3n) is 1.92. The molecule has 0 heterocycles. The summed E-state index contributed by atoms with van der Waals surface area (Å²) in [6.07, 6.45) is -0.722. The molecule has 1 atom stereocenters. The Labute approximate surface area is 95.1 Å². The number of aliphatic hydroxyl groups is 1. The molecule has 0 bridgehead atoms. The van der Waals surface area contributed by atoms with Crippen molar-refractivity contribution < 1.29 is 18.3 Å². The Kier molecular flexibility index (Phi) is 4.28. The van der Waals surface area contributed by atoms with Crippen LogP contribution in [0.15, 0.2) is 29.2 Å². The van der Waals surface area contributed by atoms with Crippen molar-refractivity contribution in [3.8, 4) is 5.75 Å². The van der Waals surface area contributed by atoms with E-state index in [9.17, 15) is 8.42 Å². The maximum atomic E-state index is 11.7. The smallest absolute Gasteiger partial charge is 0.240 e. The predicted octanol–water partition coefficient (Wildman–Crippen LogP) is 0.354. The molecule has 0 amide bonds. The lowest BCUT2D eigenvalue weighted by Gasteiger charge is -2.09. The van der Waals surface area contributed by atoms with Crippen LogP contribution in [0.3, 0.4) is 0 Å². The van der Waals surface area contributed by atoms with E-state index in [1.807, 2.05) is 0 Å². The van der Waals surface area contributed by atoms with E-state index in [0.717, 1.165) is 0 Å². The molecule has 0 saturated carbocycles. The second-order valence-electron chi connectivity index (χ2n) is 3.38. The van der Waals surface area contributed by atoms with Gasteiger partial charge in [0, 0.05) is 12.6 Å². The summed E-state index contributed by atoms with van der Waals surface area (Å²) in [6, 6.07) is 6.14. The normalized spacial score (nSPS) is 13.4. The summed E-state index contributed by atoms with van der Waals surface area (Å²) in [5.74, 6) is 0.472. The van der Waals surface area contributed by atoms with E-state index in [0.29, 0.717) is 5.75 Å². The van der Waals surface area contributed by atoms with Gasteiger partial charge in [-0.25, -0.2) is 13.1 Å². The van der Waals surface area contributed by atoms with E-state index in [-0.39, 0.29) is 11.4 Å². The molecular formula is C10H15NO4S. The number of methoxy groups -OCH3 is 1. The molecule has 0 aromatic heterocycles. The number of hydrogen-bond acceptors (Lipinski definition) is 4. The molecular weight excluding hydrogens is 230 g/mol. The van der Waals surface area contributed by atoms with Crippen LogP contribution in [0.1, 0.15) is 6.92 Å². The molecule has 0 fully saturated rings. The molecule has 1 aromatic carbocycles. The first-order valence-electron chi connectivity index (χ1n) is 4.77. The molecule has 16 heavy (non-hydrogen) atoms. The predicted molar refractivity (Wildman–Crippen MR) is 59.9 cm³/mol. The Hall–Kier alpha value is -1.11. The van der Waals surface area contributed by atoms with Crippen LogP contribution in [-0.2, 0) is 10.0 Å². The number of sulfonamides is 1. The first-order chi connectivity index (χ1) is 7.45. The zero-order valence-electron chi connectivity index (χ0n) is 9.17. The van der Waals surface area contributed by atoms with Gasteiger partial charge < -0.3 is 9.84 Å². The van der Waals surface area contributed by atoms with Gasteiger partial charge in [-0.2, -0.15) is 0 Å². The van der Waals surface area contributed by atoms with Crippen molar-refractivity contribution >= 4 is 10.0 Å². The zero-order valence-corrected chi connectivity index (χ0v) is 9.99. The fraction of sp³-hybridized carbons (Fsp3) is 0.400. The number of benzene rings is 1. The summed E-state index contributed by atoms with van der Waals surface area (Å²) in [4.78, 5) is 0.118. The Bertz CT molecular complexity index is 442. The molecule has 0 aliphatic rings. The van der Waals surface area contributed by atoms with Gasteiger partial charge in [0.25, 0.3) is 0 Å². The van der Waals surface area contributed by atoms with Crippen LogP contribution in [0.4, 0.5) is 0 Å². The zero-order chi connectivity index (χ0) is 12.2. The lowest BCUT2D eigenvalue weighted by molar-refractivity contribution is 0.198. The lowest BCUT2D eigenvalue weighted by Crippen LogP contribution is -2.30. The quantitative estimate of drug-likeness (QED) is 0.785. The van der Waals surface area contributed by atoms with Gasteiger partial charge >= 0.3 is 0 Å². The molecule has 0 radical (unpaired) electrons. The van der Waals surface area contributed by atoms with E-state index in [2.05, 4.69) is 4.72 Å². The Morgan fingerprint density at radius 1 is 1.50 bits per heavy atom. The van der Waals surface area contributed by atoms with Crippen LogP contribution < -0.4 is 9.46 Å². The number of ether oxygens (including phenoxy) is 1. The fourth-order valence-electron chi connectivity index (χ4n) is 1.08. The maximum absolute atomic E-state index is 11.7. The molecule has 1 rings (SSSR count). The van der Waals surface area contributed by atoms with Gasteiger partial charge in [0.2, 0.25) is 10.0 Å². The summed E-state index contributed by atoms with van der Waals surface area (Å²) in [7, 11) is -2.11. The van der Waals surface area contributed by atoms with Crippen LogP contribution in [0.25, 0.3) is 0 Å². The first kappa shape index (κ1) is 13.0. The van der Waals surface area contributed by atoms with E-state index < -0.39 is 16.1 Å². The topological polar surface area (TPSA) is 75.6 Å². The van der Waals surface area contributed by atoms with E-state index in [1.54, 1.807) is 12.1 Å². The molecule has 5 nitrogen and oxygen atoms in total. The minimum absolute atomic E-state index is 0.0143. The van der Waals surface area contributed by atoms with Crippen molar-refractivity contribution in [3.05, 3.63) is 24.3 Å². The molecule has 6 heteroatoms. The number of nitrogens with one attached hydrogen (secondary N) is 1. The lowest BCUT2D eigenvalue weighted by atomic mass is 10.3. The highest BCUT2D eigenvalue weighted by atomic mass is 32.2. The third-order valence-corrected chi connectivity index (χ3v) is 3.34. The molecule has 2 N–H and O–H groups in total. The van der Waals surface area contributed by atoms with Gasteiger partial charge in [0.05, 0.1) is 18.1 Å². The van der Waals surface area contributed by atoms with E-state index >= 15 is 0 Å². The minimum Gasteiger partial charge on any atom is -0.497 e. The summed E-state index contributed by atoms with van der Waals surface area (Å²) in [5, 5.41) is 9.01. The van der Waals surface area contributed by atoms with Gasteiger partial charge in [-0.15, -0.1) is 0 Å². The standard InChI is InChI=1S/C10H15NO4S/c1-8(12)7-11-16(13,14)10-5-3-4-9(6-10)15-2/h3-6,8,11-12H,7H2,1-2H3/t8-/m0/s1. The van der Waals surface area contributed by atoms with Gasteiger partial charge in [-0.3, -0.25) is 0 Å². The summed E-state index contributed by atoms with van der Waals surface area (Å²) >= 11 is 0. The molecule has 0 saturated heterocycles. The summed E-state index contributed by atoms with van der Waals surface area (Å²) < 4.78 is 30.7. The highest BCUT2D eigenvalue weighted by Gasteiger charge is 2.14. The SMILES string of the molecule is COc1cccc(S(=O)(=O)NC[C@H](C)O)c1. The third kappa shape index (κ3) is 3.48. The molecule has 0 spiro atoms. The van der Waals surface area contributed by atoms with Crippen molar-refractivity contribution in [2.24, 2.45) is 0 Å². The average molecular weight is 245 g/mol. The number of rotatable bonds is 5. The Balaban J connectivity index is 2.89. The fourth-order valence-corrected chi connectivity index (χ4v) is 2.24. The van der Waals surface area contributed by atoms with E-state index in [1.165, 1.54) is 26.2 Å². The Morgan fingerprint density at radius 3 is 2.75 bits per heavy atom. The van der Waals surface area contributed by atoms with Crippen molar-refractivity contribution in [1.82, 2.24) is 4.72 Å². The van der Waals surface area contributed by atoms with Crippen LogP contribution in [-0.4, -0.2) is 33.3 Å². The van der Waals surface area contributed by atoms with Crippen molar-refractivity contribution in [1.29, 1.82) is 0 Å². The first-order valence-corrected chi connectivity index (χ1v) is 6.26. The number of aliphatic hydroxyl groups excluding tert-OH is 1. The van der Waals surface area contributed by atoms with Crippen molar-refractivity contribution in [3.63, 3.8) is 0 Å². The number of hydrogen-bond donors (Lipinski definition) is 2. The molecule has 0 unspecified atom stereocenters. The second kappa shape index (κ2) is 5.29. The molecule has 0 aliphatic heterocycles. The summed E-state index contributed by atoms with van der Waals surface area (Å²) in [6.45, 7) is 1.49. The molecule has 1 aromatic rings. The highest BCUT2D eigenvalue weighted by Crippen LogP contribution is 2.16. The minimum atomic E-state index is -3.58. The van der Waals surface area contributed by atoms with Crippen molar-refractivity contribution in [2.75, 3.05) is 13.7 Å². The van der Waals surface area contributed by atoms with Crippen LogP contribution >= 0.6 is 0 Å². The summed E-state index contributed by atoms with van der Waals surface area (Å²) in [5.41, 5.74) is 0. The monoisotopic (exact) mass is 245 g/mol. The van der Waals surface area contributed by atoms with E-state index in [4.69, 9.17) is 9.84 Å². The molecule has 0 aliphatic carbocycles. The van der Waals surface area contributed by atoms with Gasteiger partial charge in [-0.1, -0.05) is 6.07 Å². The Morgan fingerprint density at radius 2 is 2.19 bits per heavy atom. The van der Waals surface area contributed by atoms with Crippen LogP contribution in [0, 0.1) is 0 Å². The highest BCUT2D eigenvalue weighted by molar-refractivity contribution is 7.89. The molecule has 90 valence electrons. The largest absolute Gasteiger partial charge is 0.497 e. The van der Waals surface area contributed by atoms with Gasteiger partial charge in [0.15, 0.2) is 0 Å². The van der Waals surface area contributed by atoms with Crippen LogP contribution in [0.2, 0.25) is 0 Å². The van der Waals surface area contributed by atoms with Gasteiger partial charge in [-0.05, 0) is 19.1 Å². The van der Waals surface area contributed by atoms with Crippen LogP contribution in [0.5, 0.6) is 5.75 Å². The van der Waals surface area contributed by atoms with Crippen molar-refractivity contribution in [2.45, 2.75) is 17.9 Å². The average Bonchev–Trinajstić information content (AvgIpc) is 2.27. The maximum Gasteiger partial charge on any atom is 0.240 e.